The molecule has 0 saturated carbocycles. The highest BCUT2D eigenvalue weighted by molar-refractivity contribution is 6.30. The monoisotopic (exact) mass is 493 g/mol. The summed E-state index contributed by atoms with van der Waals surface area (Å²) in [4.78, 5) is 18.1. The molecule has 0 bridgehead atoms. The molecule has 8 heteroatoms. The average Bonchev–Trinajstić information content (AvgIpc) is 2.84. The van der Waals surface area contributed by atoms with Gasteiger partial charge < -0.3 is 26.1 Å². The molecule has 0 aliphatic carbocycles. The number of aromatic nitrogens is 1. The number of nitrogens with two attached hydrogens (primary N) is 1. The molecule has 1 aromatic heterocycles. The molecule has 0 unspecified atom stereocenters. The van der Waals surface area contributed by atoms with Gasteiger partial charge >= 0.3 is 0 Å². The fraction of sp³-hybridized carbons (Fsp3) is 0.296. The van der Waals surface area contributed by atoms with Crippen molar-refractivity contribution in [2.75, 3.05) is 39.5 Å². The maximum absolute atomic E-state index is 11.7. The van der Waals surface area contributed by atoms with Gasteiger partial charge in [-0.1, -0.05) is 23.7 Å². The molecule has 1 amide bonds. The summed E-state index contributed by atoms with van der Waals surface area (Å²) in [6, 6.07) is 12.9. The quantitative estimate of drug-likeness (QED) is 0.419. The number of benzene rings is 2. The second-order valence-corrected chi connectivity index (χ2v) is 8.91. The van der Waals surface area contributed by atoms with Gasteiger partial charge in [0.15, 0.2) is 0 Å². The summed E-state index contributed by atoms with van der Waals surface area (Å²) in [5.41, 5.74) is 10.9. The summed E-state index contributed by atoms with van der Waals surface area (Å²) in [6.07, 6.45) is 5.70. The first-order chi connectivity index (χ1) is 16.9. The van der Waals surface area contributed by atoms with Crippen molar-refractivity contribution in [3.8, 4) is 16.9 Å². The predicted octanol–water partition coefficient (Wildman–Crippen LogP) is 4.53. The zero-order valence-corrected chi connectivity index (χ0v) is 21.1. The number of carbonyl (C=O) groups is 1. The molecule has 184 valence electrons. The van der Waals surface area contributed by atoms with Gasteiger partial charge in [0.05, 0.1) is 6.61 Å². The summed E-state index contributed by atoms with van der Waals surface area (Å²) < 4.78 is 5.64. The van der Waals surface area contributed by atoms with E-state index < -0.39 is 0 Å². The molecule has 1 aliphatic rings. The van der Waals surface area contributed by atoms with E-state index in [1.807, 2.05) is 43.5 Å². The van der Waals surface area contributed by atoms with Crippen molar-refractivity contribution in [3.63, 3.8) is 0 Å². The van der Waals surface area contributed by atoms with Gasteiger partial charge in [0.25, 0.3) is 5.91 Å². The lowest BCUT2D eigenvalue weighted by atomic mass is 9.92. The molecule has 7 nitrogen and oxygen atoms in total. The molecular formula is C27H32ClN5O2. The van der Waals surface area contributed by atoms with Crippen molar-refractivity contribution in [3.05, 3.63) is 76.6 Å². The predicted molar refractivity (Wildman–Crippen MR) is 143 cm³/mol. The number of nitrogens with one attached hydrogen (secondary N) is 2. The number of rotatable bonds is 7. The maximum atomic E-state index is 11.7. The molecule has 3 aromatic rings. The van der Waals surface area contributed by atoms with Crippen molar-refractivity contribution in [2.45, 2.75) is 13.3 Å². The second-order valence-electron chi connectivity index (χ2n) is 8.47. The number of ether oxygens (including phenoxy) is 1. The minimum absolute atomic E-state index is 0.136. The zero-order chi connectivity index (χ0) is 25.4. The van der Waals surface area contributed by atoms with E-state index >= 15 is 0 Å². The summed E-state index contributed by atoms with van der Waals surface area (Å²) in [5.74, 6) is 1.24. The van der Waals surface area contributed by atoms with Gasteiger partial charge in [0.1, 0.15) is 5.75 Å². The Morgan fingerprint density at radius 1 is 1.29 bits per heavy atom. The molecule has 0 radical (unpaired) electrons. The van der Waals surface area contributed by atoms with E-state index in [0.29, 0.717) is 28.9 Å². The number of amides is 1. The highest BCUT2D eigenvalue weighted by Gasteiger charge is 2.24. The lowest BCUT2D eigenvalue weighted by Gasteiger charge is -2.36. The molecule has 1 saturated heterocycles. The summed E-state index contributed by atoms with van der Waals surface area (Å²) in [7, 11) is 3.72. The smallest absolute Gasteiger partial charge is 0.251 e. The van der Waals surface area contributed by atoms with Crippen LogP contribution in [0.1, 0.15) is 28.4 Å². The topological polar surface area (TPSA) is 104 Å². The van der Waals surface area contributed by atoms with Gasteiger partial charge in [-0.15, -0.1) is 0 Å². The Bertz CT molecular complexity index is 1180. The average molecular weight is 494 g/mol. The molecule has 0 spiro atoms. The van der Waals surface area contributed by atoms with Crippen molar-refractivity contribution in [1.29, 1.82) is 5.41 Å². The van der Waals surface area contributed by atoms with E-state index in [2.05, 4.69) is 22.2 Å². The Kier molecular flexibility index (Phi) is 9.23. The van der Waals surface area contributed by atoms with E-state index in [0.717, 1.165) is 47.5 Å². The lowest BCUT2D eigenvalue weighted by Crippen LogP contribution is -2.44. The molecule has 1 aliphatic heterocycles. The van der Waals surface area contributed by atoms with Gasteiger partial charge in [0, 0.05) is 66.1 Å². The van der Waals surface area contributed by atoms with Crippen LogP contribution in [0.15, 0.2) is 54.9 Å². The Morgan fingerprint density at radius 2 is 2.06 bits per heavy atom. The first-order valence-electron chi connectivity index (χ1n) is 11.5. The first-order valence-corrected chi connectivity index (χ1v) is 11.9. The minimum atomic E-state index is -0.136. The highest BCUT2D eigenvalue weighted by Crippen LogP contribution is 2.32. The van der Waals surface area contributed by atoms with E-state index in [9.17, 15) is 4.79 Å². The van der Waals surface area contributed by atoms with Crippen LogP contribution in [0.5, 0.6) is 5.75 Å². The van der Waals surface area contributed by atoms with Crippen LogP contribution in [0.25, 0.3) is 11.1 Å². The largest absolute Gasteiger partial charge is 0.493 e. The van der Waals surface area contributed by atoms with E-state index in [1.54, 1.807) is 25.4 Å². The van der Waals surface area contributed by atoms with Crippen LogP contribution in [0.4, 0.5) is 5.69 Å². The molecular weight excluding hydrogens is 462 g/mol. The fourth-order valence-electron chi connectivity index (χ4n) is 4.06. The lowest BCUT2D eigenvalue weighted by molar-refractivity contribution is 0.0962. The van der Waals surface area contributed by atoms with Crippen LogP contribution in [-0.2, 0) is 6.42 Å². The Balaban J connectivity index is 0.000000203. The van der Waals surface area contributed by atoms with Gasteiger partial charge in [-0.25, -0.2) is 0 Å². The standard InChI is InChI=1S/C16H16ClNO2.C11H16N4/c1-3-20-15-10-12(16(19)18-2)7-8-14(15)11-5-4-6-13(17)9-11;1-15-6-8(7-15)2-9-4-14-5-10(3-12)11(9)13/h4-10H,3H2,1-2H3,(H,18,19);3-5,8,12H,2,6-7H2,1H3,(H2,13,14). The number of pyridine rings is 1. The Labute approximate surface area is 211 Å². The van der Waals surface area contributed by atoms with Gasteiger partial charge in [-0.2, -0.15) is 0 Å². The number of carbonyl (C=O) groups excluding carboxylic acids is 1. The number of hydrogen-bond donors (Lipinski definition) is 3. The number of nitrogen functional groups attached to an aromatic ring is 1. The van der Waals surface area contributed by atoms with Crippen LogP contribution in [0.3, 0.4) is 0 Å². The first kappa shape index (κ1) is 26.2. The summed E-state index contributed by atoms with van der Waals surface area (Å²) in [5, 5.41) is 10.5. The van der Waals surface area contributed by atoms with Crippen LogP contribution in [0, 0.1) is 11.3 Å². The molecule has 0 atom stereocenters. The molecule has 2 heterocycles. The van der Waals surface area contributed by atoms with Crippen molar-refractivity contribution < 1.29 is 9.53 Å². The summed E-state index contributed by atoms with van der Waals surface area (Å²) >= 11 is 6.02. The van der Waals surface area contributed by atoms with E-state index in [4.69, 9.17) is 27.5 Å². The minimum Gasteiger partial charge on any atom is -0.493 e. The van der Waals surface area contributed by atoms with Crippen molar-refractivity contribution >= 4 is 29.4 Å². The third-order valence-corrected chi connectivity index (χ3v) is 6.05. The van der Waals surface area contributed by atoms with Crippen LogP contribution >= 0.6 is 11.6 Å². The highest BCUT2D eigenvalue weighted by atomic mass is 35.5. The molecule has 4 N–H and O–H groups in total. The van der Waals surface area contributed by atoms with Crippen LogP contribution in [-0.4, -0.2) is 55.8 Å². The number of likely N-dealkylation sites (tertiary alicyclic amines) is 1. The maximum Gasteiger partial charge on any atom is 0.251 e. The molecule has 1 fully saturated rings. The number of halogens is 1. The zero-order valence-electron chi connectivity index (χ0n) is 20.3. The summed E-state index contributed by atoms with van der Waals surface area (Å²) in [6.45, 7) is 4.71. The van der Waals surface area contributed by atoms with Crippen molar-refractivity contribution in [2.24, 2.45) is 5.92 Å². The number of anilines is 1. The Morgan fingerprint density at radius 3 is 2.69 bits per heavy atom. The van der Waals surface area contributed by atoms with Crippen LogP contribution < -0.4 is 15.8 Å². The van der Waals surface area contributed by atoms with E-state index in [1.165, 1.54) is 6.21 Å². The van der Waals surface area contributed by atoms with Gasteiger partial charge in [-0.3, -0.25) is 9.78 Å². The fourth-order valence-corrected chi connectivity index (χ4v) is 4.25. The number of hydrogen-bond acceptors (Lipinski definition) is 6. The van der Waals surface area contributed by atoms with Crippen molar-refractivity contribution in [1.82, 2.24) is 15.2 Å². The molecule has 4 rings (SSSR count). The molecule has 35 heavy (non-hydrogen) atoms. The SMILES string of the molecule is CCOc1cc(C(=O)NC)ccc1-c1cccc(Cl)c1.CN1CC(Cc2cncc(C=N)c2N)C1. The third-order valence-electron chi connectivity index (χ3n) is 5.81. The van der Waals surface area contributed by atoms with Gasteiger partial charge in [-0.05, 0) is 67.8 Å². The van der Waals surface area contributed by atoms with E-state index in [-0.39, 0.29) is 5.91 Å². The number of nitrogens with zero attached hydrogens (tertiary/aromatic N) is 2. The van der Waals surface area contributed by atoms with Gasteiger partial charge in [0.2, 0.25) is 0 Å². The van der Waals surface area contributed by atoms with Crippen LogP contribution in [0.2, 0.25) is 5.02 Å². The Hall–Kier alpha value is -3.42. The second kappa shape index (κ2) is 12.3. The third kappa shape index (κ3) is 6.81. The normalized spacial score (nSPS) is 13.3. The molecule has 2 aromatic carbocycles.